The van der Waals surface area contributed by atoms with E-state index in [2.05, 4.69) is 40.0 Å². The molecule has 1 aliphatic heterocycles. The number of halogens is 4. The molecule has 6 heteroatoms. The van der Waals surface area contributed by atoms with Gasteiger partial charge in [0.2, 0.25) is 0 Å². The molecule has 0 amide bonds. The highest BCUT2D eigenvalue weighted by Crippen LogP contribution is 2.36. The van der Waals surface area contributed by atoms with Crippen molar-refractivity contribution in [3.8, 4) is 0 Å². The minimum absolute atomic E-state index is 0.153. The zero-order valence-corrected chi connectivity index (χ0v) is 13.8. The molecular formula is C15H20BrF3N2. The van der Waals surface area contributed by atoms with Gasteiger partial charge in [-0.05, 0) is 50.9 Å². The molecule has 2 rings (SSSR count). The monoisotopic (exact) mass is 364 g/mol. The summed E-state index contributed by atoms with van der Waals surface area (Å²) in [7, 11) is 0. The zero-order chi connectivity index (χ0) is 15.6. The number of nitrogens with one attached hydrogen (secondary N) is 1. The summed E-state index contributed by atoms with van der Waals surface area (Å²) in [5, 5.41) is 2.99. The summed E-state index contributed by atoms with van der Waals surface area (Å²) in [4.78, 5) is 2.36. The summed E-state index contributed by atoms with van der Waals surface area (Å²) >= 11 is 3.23. The van der Waals surface area contributed by atoms with Crippen molar-refractivity contribution in [1.29, 1.82) is 0 Å². The van der Waals surface area contributed by atoms with Crippen LogP contribution in [-0.4, -0.2) is 30.6 Å². The van der Waals surface area contributed by atoms with Crippen LogP contribution in [0.5, 0.6) is 0 Å². The van der Waals surface area contributed by atoms with Crippen LogP contribution >= 0.6 is 15.9 Å². The molecule has 1 N–H and O–H groups in total. The molecule has 2 nitrogen and oxygen atoms in total. The van der Waals surface area contributed by atoms with E-state index in [1.165, 1.54) is 12.1 Å². The van der Waals surface area contributed by atoms with Gasteiger partial charge in [-0.2, -0.15) is 13.2 Å². The lowest BCUT2D eigenvalue weighted by Crippen LogP contribution is -2.29. The van der Waals surface area contributed by atoms with Gasteiger partial charge in [-0.1, -0.05) is 15.9 Å². The van der Waals surface area contributed by atoms with Crippen molar-refractivity contribution >= 4 is 21.6 Å². The van der Waals surface area contributed by atoms with Crippen LogP contribution in [0.3, 0.4) is 0 Å². The van der Waals surface area contributed by atoms with Crippen LogP contribution in [0.15, 0.2) is 22.7 Å². The van der Waals surface area contributed by atoms with Crippen LogP contribution in [0.25, 0.3) is 0 Å². The Labute approximate surface area is 131 Å². The third-order valence-corrected chi connectivity index (χ3v) is 4.41. The van der Waals surface area contributed by atoms with Gasteiger partial charge < -0.3 is 10.2 Å². The van der Waals surface area contributed by atoms with Crippen LogP contribution in [0.4, 0.5) is 18.9 Å². The molecule has 1 fully saturated rings. The summed E-state index contributed by atoms with van der Waals surface area (Å²) in [5.74, 6) is 0.396. The first-order chi connectivity index (χ1) is 9.77. The van der Waals surface area contributed by atoms with Gasteiger partial charge in [-0.25, -0.2) is 0 Å². The number of alkyl halides is 3. The fraction of sp³-hybridized carbons (Fsp3) is 0.600. The van der Waals surface area contributed by atoms with Gasteiger partial charge in [0, 0.05) is 29.3 Å². The zero-order valence-electron chi connectivity index (χ0n) is 12.2. The summed E-state index contributed by atoms with van der Waals surface area (Å²) in [6, 6.07) is 4.52. The molecule has 1 aromatic rings. The van der Waals surface area contributed by atoms with E-state index in [9.17, 15) is 13.2 Å². The highest BCUT2D eigenvalue weighted by Gasteiger charge is 2.34. The minimum atomic E-state index is -4.33. The molecule has 1 atom stereocenters. The van der Waals surface area contributed by atoms with E-state index < -0.39 is 11.7 Å². The second-order valence-electron chi connectivity index (χ2n) is 5.81. The van der Waals surface area contributed by atoms with Crippen LogP contribution < -0.4 is 5.32 Å². The number of benzene rings is 1. The molecule has 0 radical (unpaired) electrons. The molecule has 1 heterocycles. The van der Waals surface area contributed by atoms with Gasteiger partial charge in [-0.3, -0.25) is 0 Å². The maximum atomic E-state index is 13.0. The number of hydrogen-bond acceptors (Lipinski definition) is 2. The largest absolute Gasteiger partial charge is 0.418 e. The van der Waals surface area contributed by atoms with Crippen molar-refractivity contribution in [3.63, 3.8) is 0 Å². The van der Waals surface area contributed by atoms with E-state index in [0.717, 1.165) is 25.6 Å². The van der Waals surface area contributed by atoms with E-state index in [0.29, 0.717) is 23.0 Å². The summed E-state index contributed by atoms with van der Waals surface area (Å²) in [5.41, 5.74) is -0.454. The van der Waals surface area contributed by atoms with Crippen molar-refractivity contribution in [1.82, 2.24) is 4.90 Å². The standard InChI is InChI=1S/C15H20BrF3N2/c1-10(2)21-6-5-11(9-21)8-20-14-7-12(16)3-4-13(14)15(17,18)19/h3-4,7,10-11,20H,5-6,8-9H2,1-2H3. The van der Waals surface area contributed by atoms with Crippen molar-refractivity contribution in [2.24, 2.45) is 5.92 Å². The fourth-order valence-corrected chi connectivity index (χ4v) is 3.02. The number of hydrogen-bond donors (Lipinski definition) is 1. The SMILES string of the molecule is CC(C)N1CCC(CNc2cc(Br)ccc2C(F)(F)F)C1. The van der Waals surface area contributed by atoms with E-state index in [-0.39, 0.29) is 5.69 Å². The highest BCUT2D eigenvalue weighted by atomic mass is 79.9. The molecular weight excluding hydrogens is 345 g/mol. The van der Waals surface area contributed by atoms with Gasteiger partial charge >= 0.3 is 6.18 Å². The Morgan fingerprint density at radius 2 is 2.10 bits per heavy atom. The maximum Gasteiger partial charge on any atom is 0.418 e. The molecule has 0 spiro atoms. The molecule has 0 aliphatic carbocycles. The Morgan fingerprint density at radius 1 is 1.38 bits per heavy atom. The van der Waals surface area contributed by atoms with Gasteiger partial charge in [0.05, 0.1) is 5.56 Å². The highest BCUT2D eigenvalue weighted by molar-refractivity contribution is 9.10. The van der Waals surface area contributed by atoms with Gasteiger partial charge in [0.15, 0.2) is 0 Å². The molecule has 1 saturated heterocycles. The Morgan fingerprint density at radius 3 is 2.67 bits per heavy atom. The third-order valence-electron chi connectivity index (χ3n) is 3.92. The molecule has 118 valence electrons. The maximum absolute atomic E-state index is 13.0. The number of nitrogens with zero attached hydrogens (tertiary/aromatic N) is 1. The van der Waals surface area contributed by atoms with Gasteiger partial charge in [-0.15, -0.1) is 0 Å². The predicted molar refractivity (Wildman–Crippen MR) is 82.4 cm³/mol. The first kappa shape index (κ1) is 16.6. The lowest BCUT2D eigenvalue weighted by atomic mass is 10.1. The molecule has 21 heavy (non-hydrogen) atoms. The van der Waals surface area contributed by atoms with Crippen LogP contribution in [0.2, 0.25) is 0 Å². The van der Waals surface area contributed by atoms with Crippen LogP contribution in [0, 0.1) is 5.92 Å². The lowest BCUT2D eigenvalue weighted by Gasteiger charge is -2.21. The van der Waals surface area contributed by atoms with Crippen molar-refractivity contribution in [3.05, 3.63) is 28.2 Å². The Kier molecular flexibility index (Phi) is 5.20. The first-order valence-corrected chi connectivity index (χ1v) is 7.91. The Balaban J connectivity index is 2.02. The quantitative estimate of drug-likeness (QED) is 0.838. The summed E-state index contributed by atoms with van der Waals surface area (Å²) < 4.78 is 39.6. The summed E-state index contributed by atoms with van der Waals surface area (Å²) in [6.45, 7) is 6.83. The average Bonchev–Trinajstić information content (AvgIpc) is 2.83. The fourth-order valence-electron chi connectivity index (χ4n) is 2.66. The van der Waals surface area contributed by atoms with Crippen molar-refractivity contribution in [2.75, 3.05) is 25.0 Å². The van der Waals surface area contributed by atoms with E-state index >= 15 is 0 Å². The first-order valence-electron chi connectivity index (χ1n) is 7.12. The Hall–Kier alpha value is -0.750. The van der Waals surface area contributed by atoms with E-state index in [4.69, 9.17) is 0 Å². The number of likely N-dealkylation sites (tertiary alicyclic amines) is 1. The second-order valence-corrected chi connectivity index (χ2v) is 6.73. The van der Waals surface area contributed by atoms with Crippen LogP contribution in [-0.2, 0) is 6.18 Å². The molecule has 0 saturated carbocycles. The smallest absolute Gasteiger partial charge is 0.384 e. The van der Waals surface area contributed by atoms with Crippen LogP contribution in [0.1, 0.15) is 25.8 Å². The van der Waals surface area contributed by atoms with E-state index in [1.54, 1.807) is 0 Å². The predicted octanol–water partition coefficient (Wildman–Crippen LogP) is 4.61. The van der Waals surface area contributed by atoms with E-state index in [1.807, 2.05) is 0 Å². The average molecular weight is 365 g/mol. The van der Waals surface area contributed by atoms with Crippen molar-refractivity contribution in [2.45, 2.75) is 32.5 Å². The number of anilines is 1. The Bertz CT molecular complexity index is 488. The molecule has 0 aromatic heterocycles. The normalized spacial score (nSPS) is 20.2. The second kappa shape index (κ2) is 6.57. The topological polar surface area (TPSA) is 15.3 Å². The molecule has 1 aliphatic rings. The van der Waals surface area contributed by atoms with Gasteiger partial charge in [0.1, 0.15) is 0 Å². The summed E-state index contributed by atoms with van der Waals surface area (Å²) in [6.07, 6.45) is -3.30. The third kappa shape index (κ3) is 4.36. The molecule has 0 bridgehead atoms. The lowest BCUT2D eigenvalue weighted by molar-refractivity contribution is -0.137. The minimum Gasteiger partial charge on any atom is -0.384 e. The number of rotatable bonds is 4. The van der Waals surface area contributed by atoms with Crippen molar-refractivity contribution < 1.29 is 13.2 Å². The molecule has 1 aromatic carbocycles. The molecule has 1 unspecified atom stereocenters. The van der Waals surface area contributed by atoms with Gasteiger partial charge in [0.25, 0.3) is 0 Å².